The van der Waals surface area contributed by atoms with Crippen LogP contribution >= 0.6 is 0 Å². The maximum Gasteiger partial charge on any atom is 0.338 e. The Labute approximate surface area is 174 Å². The van der Waals surface area contributed by atoms with Crippen molar-refractivity contribution in [3.8, 4) is 6.07 Å². The summed E-state index contributed by atoms with van der Waals surface area (Å²) in [6.07, 6.45) is 4.98. The van der Waals surface area contributed by atoms with Gasteiger partial charge in [0.15, 0.2) is 0 Å². The van der Waals surface area contributed by atoms with Crippen LogP contribution in [0.1, 0.15) is 17.3 Å². The van der Waals surface area contributed by atoms with Crippen LogP contribution in [-0.4, -0.2) is 59.5 Å². The van der Waals surface area contributed by atoms with E-state index < -0.39 is 11.9 Å². The van der Waals surface area contributed by atoms with Crippen molar-refractivity contribution in [2.75, 3.05) is 43.0 Å². The Morgan fingerprint density at radius 2 is 1.83 bits per heavy atom. The molecule has 2 aromatic rings. The number of amides is 1. The van der Waals surface area contributed by atoms with Crippen molar-refractivity contribution < 1.29 is 14.3 Å². The van der Waals surface area contributed by atoms with Gasteiger partial charge in [0.2, 0.25) is 5.95 Å². The summed E-state index contributed by atoms with van der Waals surface area (Å²) in [5.74, 6) is -0.256. The summed E-state index contributed by atoms with van der Waals surface area (Å²) >= 11 is 0. The van der Waals surface area contributed by atoms with Crippen molar-refractivity contribution in [3.63, 3.8) is 0 Å². The Kier molecular flexibility index (Phi) is 6.95. The fraction of sp³-hybridized carbons (Fsp3) is 0.286. The Balaban J connectivity index is 1.58. The highest BCUT2D eigenvalue weighted by atomic mass is 16.5. The average Bonchev–Trinajstić information content (AvgIpc) is 2.79. The number of rotatable bonds is 6. The molecule has 30 heavy (non-hydrogen) atoms. The molecule has 0 radical (unpaired) electrons. The number of ether oxygens (including phenoxy) is 1. The van der Waals surface area contributed by atoms with Gasteiger partial charge in [-0.15, -0.1) is 0 Å². The van der Waals surface area contributed by atoms with E-state index in [4.69, 9.17) is 4.74 Å². The molecule has 0 atom stereocenters. The molecule has 0 bridgehead atoms. The van der Waals surface area contributed by atoms with Gasteiger partial charge in [-0.3, -0.25) is 4.79 Å². The van der Waals surface area contributed by atoms with Crippen LogP contribution in [0.2, 0.25) is 0 Å². The molecule has 1 aliphatic rings. The topological polar surface area (TPSA) is 111 Å². The fourth-order valence-electron chi connectivity index (χ4n) is 2.93. The highest BCUT2D eigenvalue weighted by molar-refractivity contribution is 6.06. The molecule has 1 aliphatic heterocycles. The lowest BCUT2D eigenvalue weighted by atomic mass is 10.2. The lowest BCUT2D eigenvalue weighted by Gasteiger charge is -2.34. The van der Waals surface area contributed by atoms with Gasteiger partial charge in [-0.25, -0.2) is 14.8 Å². The molecule has 1 fully saturated rings. The summed E-state index contributed by atoms with van der Waals surface area (Å²) in [7, 11) is 0. The highest BCUT2D eigenvalue weighted by Gasteiger charge is 2.19. The van der Waals surface area contributed by atoms with Crippen molar-refractivity contribution in [1.82, 2.24) is 14.9 Å². The molecule has 0 saturated carbocycles. The van der Waals surface area contributed by atoms with E-state index in [-0.39, 0.29) is 5.57 Å². The Morgan fingerprint density at radius 3 is 2.43 bits per heavy atom. The van der Waals surface area contributed by atoms with Crippen LogP contribution in [0.3, 0.4) is 0 Å². The summed E-state index contributed by atoms with van der Waals surface area (Å²) in [6, 6.07) is 10.0. The van der Waals surface area contributed by atoms with Gasteiger partial charge in [0.25, 0.3) is 5.91 Å². The number of piperazine rings is 1. The number of carbonyl (C=O) groups excluding carboxylic acids is 2. The molecule has 2 heterocycles. The number of nitrogens with one attached hydrogen (secondary N) is 1. The minimum atomic E-state index is -0.504. The molecule has 0 aliphatic carbocycles. The minimum Gasteiger partial charge on any atom is -0.462 e. The second kappa shape index (κ2) is 10.0. The second-order valence-electron chi connectivity index (χ2n) is 6.48. The normalized spacial score (nSPS) is 14.1. The third-order valence-corrected chi connectivity index (χ3v) is 4.48. The third kappa shape index (κ3) is 5.32. The first-order valence-electron chi connectivity index (χ1n) is 9.57. The van der Waals surface area contributed by atoms with Crippen LogP contribution in [0.15, 0.2) is 54.5 Å². The summed E-state index contributed by atoms with van der Waals surface area (Å²) in [5, 5.41) is 12.1. The summed E-state index contributed by atoms with van der Waals surface area (Å²) in [5.41, 5.74) is 0.889. The van der Waals surface area contributed by atoms with E-state index in [1.54, 1.807) is 55.8 Å². The number of benzene rings is 1. The largest absolute Gasteiger partial charge is 0.462 e. The van der Waals surface area contributed by atoms with Crippen LogP contribution < -0.4 is 10.2 Å². The lowest BCUT2D eigenvalue weighted by Crippen LogP contribution is -2.45. The van der Waals surface area contributed by atoms with Crippen LogP contribution in [0.5, 0.6) is 0 Å². The van der Waals surface area contributed by atoms with E-state index in [1.807, 2.05) is 11.0 Å². The molecule has 0 unspecified atom stereocenters. The number of hydrogen-bond donors (Lipinski definition) is 1. The van der Waals surface area contributed by atoms with E-state index in [9.17, 15) is 14.9 Å². The maximum atomic E-state index is 12.5. The number of aromatic nitrogens is 2. The number of nitriles is 1. The molecule has 0 spiro atoms. The van der Waals surface area contributed by atoms with Crippen LogP contribution in [0.25, 0.3) is 0 Å². The number of nitrogens with zero attached hydrogens (tertiary/aromatic N) is 5. The van der Waals surface area contributed by atoms with Crippen molar-refractivity contribution in [3.05, 3.63) is 60.1 Å². The van der Waals surface area contributed by atoms with Crippen molar-refractivity contribution in [1.29, 1.82) is 5.26 Å². The molecule has 1 amide bonds. The first-order valence-corrected chi connectivity index (χ1v) is 9.57. The zero-order chi connectivity index (χ0) is 21.3. The molecule has 154 valence electrons. The van der Waals surface area contributed by atoms with Gasteiger partial charge >= 0.3 is 5.97 Å². The van der Waals surface area contributed by atoms with Crippen LogP contribution in [0.4, 0.5) is 11.6 Å². The van der Waals surface area contributed by atoms with Crippen molar-refractivity contribution >= 4 is 23.5 Å². The minimum absolute atomic E-state index is 0.00822. The summed E-state index contributed by atoms with van der Waals surface area (Å²) < 4.78 is 4.93. The van der Waals surface area contributed by atoms with E-state index in [2.05, 4.69) is 20.2 Å². The molecule has 9 nitrogen and oxygen atoms in total. The lowest BCUT2D eigenvalue weighted by molar-refractivity contribution is -0.112. The second-order valence-corrected chi connectivity index (χ2v) is 6.48. The van der Waals surface area contributed by atoms with Gasteiger partial charge in [-0.1, -0.05) is 0 Å². The monoisotopic (exact) mass is 406 g/mol. The number of hydrogen-bond acceptors (Lipinski definition) is 8. The average molecular weight is 406 g/mol. The smallest absolute Gasteiger partial charge is 0.338 e. The number of esters is 1. The molecule has 9 heteroatoms. The van der Waals surface area contributed by atoms with Gasteiger partial charge in [0, 0.05) is 50.5 Å². The van der Waals surface area contributed by atoms with Gasteiger partial charge in [-0.2, -0.15) is 5.26 Å². The van der Waals surface area contributed by atoms with Gasteiger partial charge in [-0.05, 0) is 37.3 Å². The molecule has 3 rings (SSSR count). The van der Waals surface area contributed by atoms with Crippen LogP contribution in [-0.2, 0) is 9.53 Å². The third-order valence-electron chi connectivity index (χ3n) is 4.48. The standard InChI is InChI=1S/C21H22N6O3/c1-2-30-20(29)16-4-6-18(7-5-16)25-19(28)17(14-22)15-26-10-12-27(13-11-26)21-23-8-3-9-24-21/h3-9,15H,2,10-13H2,1H3,(H,25,28)/b17-15-. The SMILES string of the molecule is CCOC(=O)c1ccc(NC(=O)/C(C#N)=C\N2CCN(c3ncccn3)CC2)cc1. The predicted octanol–water partition coefficient (Wildman–Crippen LogP) is 1.82. The molecule has 1 N–H and O–H groups in total. The number of anilines is 2. The molecule has 1 saturated heterocycles. The van der Waals surface area contributed by atoms with Gasteiger partial charge < -0.3 is 19.9 Å². The maximum absolute atomic E-state index is 12.5. The summed E-state index contributed by atoms with van der Waals surface area (Å²) in [4.78, 5) is 36.6. The first kappa shape index (κ1) is 20.8. The Hall–Kier alpha value is -3.93. The van der Waals surface area contributed by atoms with Crippen LogP contribution in [0, 0.1) is 11.3 Å². The molecular weight excluding hydrogens is 384 g/mol. The Morgan fingerprint density at radius 1 is 1.17 bits per heavy atom. The summed E-state index contributed by atoms with van der Waals surface area (Å²) in [6.45, 7) is 4.69. The van der Waals surface area contributed by atoms with Gasteiger partial charge in [0.05, 0.1) is 12.2 Å². The van der Waals surface area contributed by atoms with E-state index in [0.29, 0.717) is 50.0 Å². The zero-order valence-corrected chi connectivity index (χ0v) is 16.6. The molecule has 1 aromatic carbocycles. The first-order chi connectivity index (χ1) is 14.6. The highest BCUT2D eigenvalue weighted by Crippen LogP contribution is 2.14. The molecule has 1 aromatic heterocycles. The molecular formula is C21H22N6O3. The van der Waals surface area contributed by atoms with E-state index in [1.165, 1.54) is 0 Å². The Bertz CT molecular complexity index is 945. The van der Waals surface area contributed by atoms with Crippen molar-refractivity contribution in [2.45, 2.75) is 6.92 Å². The quantitative estimate of drug-likeness (QED) is 0.439. The van der Waals surface area contributed by atoms with Gasteiger partial charge in [0.1, 0.15) is 11.6 Å². The van der Waals surface area contributed by atoms with E-state index >= 15 is 0 Å². The zero-order valence-electron chi connectivity index (χ0n) is 16.6. The predicted molar refractivity (Wildman–Crippen MR) is 111 cm³/mol. The number of carbonyl (C=O) groups is 2. The van der Waals surface area contributed by atoms with E-state index in [0.717, 1.165) is 0 Å². The van der Waals surface area contributed by atoms with Crippen molar-refractivity contribution in [2.24, 2.45) is 0 Å². The fourth-order valence-corrected chi connectivity index (χ4v) is 2.93.